The molecule has 0 bridgehead atoms. The highest BCUT2D eigenvalue weighted by atomic mass is 127. The van der Waals surface area contributed by atoms with Gasteiger partial charge in [0.05, 0.1) is 9.78 Å². The lowest BCUT2D eigenvalue weighted by molar-refractivity contribution is 0.303. The van der Waals surface area contributed by atoms with Gasteiger partial charge in [-0.05, 0) is 113 Å². The number of piperidine rings is 1. The molecule has 0 atom stereocenters. The standard InChI is InChI=1S/C36H35I2N7O.ClH/c1-25-12-14-31(15-13-25)40-34-41-35(43-36(42-34)45-18-16-27(17-19-45)20-26-8-4-2-5-9-26)44-39-23-29-21-30(37)22-32(38)33(29)46-24-28-10-6-3-7-11-28;/h2-15,21-23,27H,16-20,24H2,1H3,(H2,40,41,42,43,44);1H. The first kappa shape index (κ1) is 34.8. The Kier molecular flexibility index (Phi) is 12.6. The lowest BCUT2D eigenvalue weighted by atomic mass is 9.90. The molecule has 4 aromatic carbocycles. The number of anilines is 4. The van der Waals surface area contributed by atoms with Gasteiger partial charge in [0.25, 0.3) is 0 Å². The Bertz CT molecular complexity index is 1770. The third-order valence-corrected chi connectivity index (χ3v) is 9.25. The van der Waals surface area contributed by atoms with Crippen LogP contribution >= 0.6 is 57.6 Å². The Labute approximate surface area is 309 Å². The van der Waals surface area contributed by atoms with Crippen molar-refractivity contribution in [2.45, 2.75) is 32.8 Å². The van der Waals surface area contributed by atoms with E-state index < -0.39 is 0 Å². The largest absolute Gasteiger partial charge is 0.487 e. The zero-order valence-electron chi connectivity index (χ0n) is 25.9. The van der Waals surface area contributed by atoms with Gasteiger partial charge in [0.1, 0.15) is 12.4 Å². The van der Waals surface area contributed by atoms with Crippen molar-refractivity contribution >= 4 is 87.3 Å². The summed E-state index contributed by atoms with van der Waals surface area (Å²) in [5, 5.41) is 7.91. The van der Waals surface area contributed by atoms with E-state index in [-0.39, 0.29) is 12.4 Å². The van der Waals surface area contributed by atoms with Crippen LogP contribution < -0.4 is 20.4 Å². The van der Waals surface area contributed by atoms with Crippen LogP contribution in [-0.2, 0) is 13.0 Å². The summed E-state index contributed by atoms with van der Waals surface area (Å²) in [4.78, 5) is 16.5. The van der Waals surface area contributed by atoms with Crippen molar-refractivity contribution in [3.8, 4) is 5.75 Å². The maximum atomic E-state index is 6.26. The van der Waals surface area contributed by atoms with Crippen molar-refractivity contribution in [3.63, 3.8) is 0 Å². The number of nitrogens with one attached hydrogen (secondary N) is 2. The van der Waals surface area contributed by atoms with Crippen molar-refractivity contribution in [2.75, 3.05) is 28.7 Å². The van der Waals surface area contributed by atoms with E-state index in [1.807, 2.05) is 30.3 Å². The molecule has 47 heavy (non-hydrogen) atoms. The summed E-state index contributed by atoms with van der Waals surface area (Å²) in [6.45, 7) is 4.31. The van der Waals surface area contributed by atoms with E-state index in [0.717, 1.165) is 62.1 Å². The number of hydrogen-bond acceptors (Lipinski definition) is 8. The molecule has 11 heteroatoms. The van der Waals surface area contributed by atoms with E-state index in [1.54, 1.807) is 6.21 Å². The van der Waals surface area contributed by atoms with Crippen molar-refractivity contribution < 1.29 is 4.74 Å². The average Bonchev–Trinajstić information content (AvgIpc) is 3.06. The number of aromatic nitrogens is 3. The van der Waals surface area contributed by atoms with Gasteiger partial charge in [0, 0.05) is 27.9 Å². The van der Waals surface area contributed by atoms with Crippen molar-refractivity contribution in [2.24, 2.45) is 11.0 Å². The summed E-state index contributed by atoms with van der Waals surface area (Å²) in [6.07, 6.45) is 5.02. The maximum absolute atomic E-state index is 6.26. The third kappa shape index (κ3) is 10.0. The Hall–Kier alpha value is -3.49. The van der Waals surface area contributed by atoms with Crippen LogP contribution in [0.15, 0.2) is 102 Å². The van der Waals surface area contributed by atoms with Crippen LogP contribution in [0.5, 0.6) is 5.75 Å². The van der Waals surface area contributed by atoms with Crippen molar-refractivity contribution in [1.29, 1.82) is 0 Å². The first-order chi connectivity index (χ1) is 22.5. The van der Waals surface area contributed by atoms with Gasteiger partial charge in [-0.2, -0.15) is 20.1 Å². The van der Waals surface area contributed by atoms with Crippen LogP contribution in [0.4, 0.5) is 23.5 Å². The Morgan fingerprint density at radius 2 is 1.51 bits per heavy atom. The van der Waals surface area contributed by atoms with Crippen molar-refractivity contribution in [3.05, 3.63) is 126 Å². The summed E-state index contributed by atoms with van der Waals surface area (Å²) < 4.78 is 8.38. The molecule has 0 radical (unpaired) electrons. The van der Waals surface area contributed by atoms with Gasteiger partial charge in [0.15, 0.2) is 0 Å². The molecule has 0 aliphatic carbocycles. The summed E-state index contributed by atoms with van der Waals surface area (Å²) in [7, 11) is 0. The SMILES string of the molecule is Cc1ccc(Nc2nc(NN=Cc3cc(I)cc(I)c3OCc3ccccc3)nc(N3CCC(Cc4ccccc4)CC3)n2)cc1.Cl. The van der Waals surface area contributed by atoms with Crippen LogP contribution in [0.3, 0.4) is 0 Å². The molecule has 0 saturated carbocycles. The molecule has 1 aliphatic heterocycles. The minimum atomic E-state index is 0. The molecule has 0 spiro atoms. The van der Waals surface area contributed by atoms with E-state index in [0.29, 0.717) is 30.4 Å². The van der Waals surface area contributed by atoms with Gasteiger partial charge in [-0.15, -0.1) is 12.4 Å². The first-order valence-electron chi connectivity index (χ1n) is 15.3. The lowest BCUT2D eigenvalue weighted by Crippen LogP contribution is -2.35. The second-order valence-corrected chi connectivity index (χ2v) is 13.8. The smallest absolute Gasteiger partial charge is 0.250 e. The molecule has 242 valence electrons. The van der Waals surface area contributed by atoms with E-state index >= 15 is 0 Å². The number of hydrazone groups is 1. The van der Waals surface area contributed by atoms with Crippen LogP contribution in [0.1, 0.15) is 35.1 Å². The summed E-state index contributed by atoms with van der Waals surface area (Å²) in [6, 6.07) is 33.2. The van der Waals surface area contributed by atoms with E-state index in [2.05, 4.69) is 145 Å². The van der Waals surface area contributed by atoms with Gasteiger partial charge in [-0.3, -0.25) is 0 Å². The quantitative estimate of drug-likeness (QED) is 0.0779. The number of nitrogens with zero attached hydrogens (tertiary/aromatic N) is 5. The highest BCUT2D eigenvalue weighted by molar-refractivity contribution is 14.1. The maximum Gasteiger partial charge on any atom is 0.250 e. The molecule has 1 saturated heterocycles. The molecule has 5 aromatic rings. The molecule has 2 heterocycles. The normalized spacial score (nSPS) is 13.3. The van der Waals surface area contributed by atoms with Gasteiger partial charge < -0.3 is 15.0 Å². The van der Waals surface area contributed by atoms with Gasteiger partial charge in [0.2, 0.25) is 17.8 Å². The predicted molar refractivity (Wildman–Crippen MR) is 210 cm³/mol. The fraction of sp³-hybridized carbons (Fsp3) is 0.222. The van der Waals surface area contributed by atoms with Gasteiger partial charge in [-0.1, -0.05) is 78.4 Å². The molecule has 0 amide bonds. The molecule has 8 nitrogen and oxygen atoms in total. The zero-order valence-corrected chi connectivity index (χ0v) is 31.1. The number of halogens is 3. The number of ether oxygens (including phenoxy) is 1. The Morgan fingerprint density at radius 3 is 2.21 bits per heavy atom. The molecule has 0 unspecified atom stereocenters. The van der Waals surface area contributed by atoms with E-state index in [1.165, 1.54) is 11.1 Å². The number of rotatable bonds is 11. The molecular weight excluding hydrogens is 836 g/mol. The third-order valence-electron chi connectivity index (χ3n) is 7.83. The zero-order chi connectivity index (χ0) is 31.7. The topological polar surface area (TPSA) is 87.6 Å². The number of benzene rings is 4. The Balaban J connectivity index is 0.00000433. The summed E-state index contributed by atoms with van der Waals surface area (Å²) in [5.74, 6) is 2.90. The van der Waals surface area contributed by atoms with Gasteiger partial charge >= 0.3 is 0 Å². The summed E-state index contributed by atoms with van der Waals surface area (Å²) >= 11 is 4.63. The van der Waals surface area contributed by atoms with Gasteiger partial charge in [-0.25, -0.2) is 5.43 Å². The van der Waals surface area contributed by atoms with Crippen LogP contribution in [0.25, 0.3) is 0 Å². The fourth-order valence-electron chi connectivity index (χ4n) is 5.38. The van der Waals surface area contributed by atoms with E-state index in [9.17, 15) is 0 Å². The van der Waals surface area contributed by atoms with Crippen molar-refractivity contribution in [1.82, 2.24) is 15.0 Å². The highest BCUT2D eigenvalue weighted by Gasteiger charge is 2.22. The molecule has 1 fully saturated rings. The Morgan fingerprint density at radius 1 is 0.851 bits per heavy atom. The first-order valence-corrected chi connectivity index (χ1v) is 17.5. The van der Waals surface area contributed by atoms with Crippen LogP contribution in [0, 0.1) is 20.0 Å². The monoisotopic (exact) mass is 871 g/mol. The number of aryl methyl sites for hydroxylation is 1. The number of hydrogen-bond donors (Lipinski definition) is 2. The fourth-order valence-corrected chi connectivity index (χ4v) is 7.43. The molecular formula is C36H36ClI2N7O. The second kappa shape index (κ2) is 17.1. The average molecular weight is 872 g/mol. The minimum Gasteiger partial charge on any atom is -0.487 e. The van der Waals surface area contributed by atoms with Crippen LogP contribution in [0.2, 0.25) is 0 Å². The molecule has 1 aromatic heterocycles. The molecule has 2 N–H and O–H groups in total. The predicted octanol–water partition coefficient (Wildman–Crippen LogP) is 9.04. The molecule has 6 rings (SSSR count). The minimum absolute atomic E-state index is 0. The highest BCUT2D eigenvalue weighted by Crippen LogP contribution is 2.29. The summed E-state index contributed by atoms with van der Waals surface area (Å²) in [5.41, 5.74) is 8.54. The van der Waals surface area contributed by atoms with Crippen LogP contribution in [-0.4, -0.2) is 34.3 Å². The second-order valence-electron chi connectivity index (χ2n) is 11.3. The van der Waals surface area contributed by atoms with E-state index in [4.69, 9.17) is 14.7 Å². The molecule has 1 aliphatic rings. The lowest BCUT2D eigenvalue weighted by Gasteiger charge is -2.32.